The van der Waals surface area contributed by atoms with Crippen molar-refractivity contribution in [1.29, 1.82) is 0 Å². The molecule has 0 aromatic carbocycles. The van der Waals surface area contributed by atoms with Crippen LogP contribution in [0.1, 0.15) is 12.8 Å². The summed E-state index contributed by atoms with van der Waals surface area (Å²) in [5.74, 6) is -1.34. The molecule has 1 aliphatic heterocycles. The van der Waals surface area contributed by atoms with Crippen molar-refractivity contribution in [3.8, 4) is 0 Å². The number of likely N-dealkylation sites (tertiary alicyclic amines) is 1. The fourth-order valence-electron chi connectivity index (χ4n) is 1.51. The van der Waals surface area contributed by atoms with E-state index in [1.165, 1.54) is 0 Å². The molecule has 1 unspecified atom stereocenters. The van der Waals surface area contributed by atoms with E-state index in [2.05, 4.69) is 0 Å². The van der Waals surface area contributed by atoms with Crippen LogP contribution in [0.4, 0.5) is 0 Å². The van der Waals surface area contributed by atoms with Crippen LogP contribution in [0.5, 0.6) is 0 Å². The summed E-state index contributed by atoms with van der Waals surface area (Å²) in [6.45, 7) is 0.563. The normalized spacial score (nSPS) is 24.2. The number of aliphatic carboxylic acids is 1. The van der Waals surface area contributed by atoms with Gasteiger partial charge in [0.15, 0.2) is 0 Å². The van der Waals surface area contributed by atoms with E-state index in [-0.39, 0.29) is 12.6 Å². The molecule has 0 bridgehead atoms. The Morgan fingerprint density at radius 1 is 1.58 bits per heavy atom. The number of hydrogen-bond donors (Lipinski definition) is 2. The third kappa shape index (κ3) is 1.94. The van der Waals surface area contributed by atoms with Crippen molar-refractivity contribution in [2.45, 2.75) is 18.9 Å². The van der Waals surface area contributed by atoms with E-state index in [0.29, 0.717) is 13.0 Å². The van der Waals surface area contributed by atoms with Gasteiger partial charge >= 0.3 is 5.97 Å². The number of carboxylic acids is 1. The molecule has 1 amide bonds. The molecule has 0 aliphatic carbocycles. The van der Waals surface area contributed by atoms with E-state index in [0.717, 1.165) is 6.42 Å². The zero-order chi connectivity index (χ0) is 9.14. The lowest BCUT2D eigenvalue weighted by molar-refractivity contribution is -0.139. The average molecular weight is 172 g/mol. The molecular formula is C7H12N2O3. The predicted molar refractivity (Wildman–Crippen MR) is 41.4 cm³/mol. The molecule has 1 aliphatic rings. The zero-order valence-corrected chi connectivity index (χ0v) is 6.69. The molecule has 0 aromatic heterocycles. The standard InChI is InChI=1S/C7H12N2O3/c8-7(12)5-2-1-3-9(5)4-6(10)11/h5H,1-4H2,(H2,8,12)(H,10,11). The molecule has 1 saturated heterocycles. The predicted octanol–water partition coefficient (Wildman–Crippen LogP) is -0.979. The number of carbonyl (C=O) groups is 2. The van der Waals surface area contributed by atoms with E-state index in [4.69, 9.17) is 10.8 Å². The number of primary amides is 1. The number of rotatable bonds is 3. The highest BCUT2D eigenvalue weighted by Gasteiger charge is 2.29. The van der Waals surface area contributed by atoms with Crippen molar-refractivity contribution in [3.63, 3.8) is 0 Å². The van der Waals surface area contributed by atoms with Crippen LogP contribution >= 0.6 is 0 Å². The first-order valence-corrected chi connectivity index (χ1v) is 3.86. The highest BCUT2D eigenvalue weighted by molar-refractivity contribution is 5.81. The number of hydrogen-bond acceptors (Lipinski definition) is 3. The van der Waals surface area contributed by atoms with Gasteiger partial charge in [0.2, 0.25) is 5.91 Å². The van der Waals surface area contributed by atoms with Crippen LogP contribution < -0.4 is 5.73 Å². The van der Waals surface area contributed by atoms with Crippen LogP contribution in [0.15, 0.2) is 0 Å². The fraction of sp³-hybridized carbons (Fsp3) is 0.714. The van der Waals surface area contributed by atoms with E-state index in [1.807, 2.05) is 0 Å². The van der Waals surface area contributed by atoms with Gasteiger partial charge in [0.25, 0.3) is 0 Å². The van der Waals surface area contributed by atoms with Gasteiger partial charge in [-0.1, -0.05) is 0 Å². The van der Waals surface area contributed by atoms with E-state index in [1.54, 1.807) is 4.90 Å². The topological polar surface area (TPSA) is 83.6 Å². The van der Waals surface area contributed by atoms with Crippen molar-refractivity contribution in [1.82, 2.24) is 4.90 Å². The Balaban J connectivity index is 2.52. The Kier molecular flexibility index (Phi) is 2.65. The smallest absolute Gasteiger partial charge is 0.317 e. The number of carbonyl (C=O) groups excluding carboxylic acids is 1. The molecule has 1 rings (SSSR count). The molecular weight excluding hydrogens is 160 g/mol. The highest BCUT2D eigenvalue weighted by Crippen LogP contribution is 2.15. The van der Waals surface area contributed by atoms with Crippen LogP contribution in [-0.2, 0) is 9.59 Å². The number of nitrogens with zero attached hydrogens (tertiary/aromatic N) is 1. The summed E-state index contributed by atoms with van der Waals surface area (Å²) in [7, 11) is 0. The molecule has 0 aromatic rings. The number of nitrogens with two attached hydrogens (primary N) is 1. The van der Waals surface area contributed by atoms with Crippen molar-refractivity contribution in [2.75, 3.05) is 13.1 Å². The second-order valence-electron chi connectivity index (χ2n) is 2.92. The number of amides is 1. The van der Waals surface area contributed by atoms with E-state index in [9.17, 15) is 9.59 Å². The van der Waals surface area contributed by atoms with Crippen LogP contribution in [-0.4, -0.2) is 41.0 Å². The molecule has 0 spiro atoms. The highest BCUT2D eigenvalue weighted by atomic mass is 16.4. The van der Waals surface area contributed by atoms with Gasteiger partial charge in [-0.3, -0.25) is 14.5 Å². The lowest BCUT2D eigenvalue weighted by Gasteiger charge is -2.18. The molecule has 1 fully saturated rings. The first-order chi connectivity index (χ1) is 5.61. The van der Waals surface area contributed by atoms with Crippen LogP contribution in [0.25, 0.3) is 0 Å². The molecule has 3 N–H and O–H groups in total. The molecule has 68 valence electrons. The molecule has 0 saturated carbocycles. The summed E-state index contributed by atoms with van der Waals surface area (Å²) in [4.78, 5) is 22.7. The number of carboxylic acid groups (broad SMARTS) is 1. The maximum Gasteiger partial charge on any atom is 0.317 e. The summed E-state index contributed by atoms with van der Waals surface area (Å²) >= 11 is 0. The van der Waals surface area contributed by atoms with Gasteiger partial charge in [0, 0.05) is 0 Å². The molecule has 12 heavy (non-hydrogen) atoms. The quantitative estimate of drug-likeness (QED) is 0.573. The summed E-state index contributed by atoms with van der Waals surface area (Å²) < 4.78 is 0. The van der Waals surface area contributed by atoms with Gasteiger partial charge in [-0.25, -0.2) is 0 Å². The lowest BCUT2D eigenvalue weighted by atomic mass is 10.2. The first kappa shape index (κ1) is 8.99. The maximum atomic E-state index is 10.8. The minimum absolute atomic E-state index is 0.0897. The van der Waals surface area contributed by atoms with Crippen LogP contribution in [0, 0.1) is 0 Å². The van der Waals surface area contributed by atoms with E-state index >= 15 is 0 Å². The van der Waals surface area contributed by atoms with Crippen LogP contribution in [0.3, 0.4) is 0 Å². The summed E-state index contributed by atoms with van der Waals surface area (Å²) in [6, 6.07) is -0.374. The van der Waals surface area contributed by atoms with Gasteiger partial charge < -0.3 is 10.8 Å². The molecule has 5 heteroatoms. The first-order valence-electron chi connectivity index (χ1n) is 3.86. The van der Waals surface area contributed by atoms with Crippen molar-refractivity contribution >= 4 is 11.9 Å². The molecule has 1 heterocycles. The van der Waals surface area contributed by atoms with Gasteiger partial charge in [-0.2, -0.15) is 0 Å². The Morgan fingerprint density at radius 3 is 2.75 bits per heavy atom. The minimum Gasteiger partial charge on any atom is -0.480 e. The zero-order valence-electron chi connectivity index (χ0n) is 6.69. The molecule has 0 radical (unpaired) electrons. The van der Waals surface area contributed by atoms with Crippen LogP contribution in [0.2, 0.25) is 0 Å². The minimum atomic E-state index is -0.914. The third-order valence-corrected chi connectivity index (χ3v) is 2.03. The lowest BCUT2D eigenvalue weighted by Crippen LogP contribution is -2.42. The summed E-state index contributed by atoms with van der Waals surface area (Å²) in [5.41, 5.74) is 5.09. The Bertz CT molecular complexity index is 205. The fourth-order valence-corrected chi connectivity index (χ4v) is 1.51. The molecule has 5 nitrogen and oxygen atoms in total. The molecule has 1 atom stereocenters. The van der Waals surface area contributed by atoms with E-state index < -0.39 is 11.9 Å². The Labute approximate surface area is 70.1 Å². The maximum absolute atomic E-state index is 10.8. The second kappa shape index (κ2) is 3.53. The Morgan fingerprint density at radius 2 is 2.25 bits per heavy atom. The SMILES string of the molecule is NC(=O)C1CCCN1CC(=O)O. The largest absolute Gasteiger partial charge is 0.480 e. The van der Waals surface area contributed by atoms with Gasteiger partial charge in [-0.15, -0.1) is 0 Å². The van der Waals surface area contributed by atoms with Gasteiger partial charge in [0.05, 0.1) is 12.6 Å². The summed E-state index contributed by atoms with van der Waals surface area (Å²) in [5, 5.41) is 8.48. The van der Waals surface area contributed by atoms with Crippen molar-refractivity contribution < 1.29 is 14.7 Å². The van der Waals surface area contributed by atoms with Gasteiger partial charge in [-0.05, 0) is 19.4 Å². The Hall–Kier alpha value is -1.10. The average Bonchev–Trinajstić information content (AvgIpc) is 2.33. The van der Waals surface area contributed by atoms with Crippen molar-refractivity contribution in [2.24, 2.45) is 5.73 Å². The second-order valence-corrected chi connectivity index (χ2v) is 2.92. The van der Waals surface area contributed by atoms with Crippen molar-refractivity contribution in [3.05, 3.63) is 0 Å². The van der Waals surface area contributed by atoms with Gasteiger partial charge in [0.1, 0.15) is 0 Å². The summed E-state index contributed by atoms with van der Waals surface area (Å²) in [6.07, 6.45) is 1.53. The third-order valence-electron chi connectivity index (χ3n) is 2.03. The monoisotopic (exact) mass is 172 g/mol.